The Morgan fingerprint density at radius 3 is 1.62 bits per heavy atom. The highest BCUT2D eigenvalue weighted by Crippen LogP contribution is 2.62. The first kappa shape index (κ1) is 24.7. The second kappa shape index (κ2) is 9.00. The van der Waals surface area contributed by atoms with Crippen molar-refractivity contribution >= 4 is 24.9 Å². The van der Waals surface area contributed by atoms with Crippen molar-refractivity contribution in [2.45, 2.75) is 58.4 Å². The van der Waals surface area contributed by atoms with E-state index in [0.717, 1.165) is 27.3 Å². The van der Waals surface area contributed by atoms with Crippen molar-refractivity contribution in [3.63, 3.8) is 0 Å². The van der Waals surface area contributed by atoms with Crippen molar-refractivity contribution in [2.75, 3.05) is 0 Å². The molecule has 0 bridgehead atoms. The summed E-state index contributed by atoms with van der Waals surface area (Å²) in [7, 11) is -3.95. The van der Waals surface area contributed by atoms with Crippen molar-refractivity contribution in [3.8, 4) is 0 Å². The molecule has 0 N–H and O–H groups in total. The minimum Gasteiger partial charge on any atom is -0.400 e. The van der Waals surface area contributed by atoms with Gasteiger partial charge in [-0.3, -0.25) is 0 Å². The van der Waals surface area contributed by atoms with E-state index in [4.69, 9.17) is 9.31 Å². The third-order valence-corrected chi connectivity index (χ3v) is 11.1. The van der Waals surface area contributed by atoms with Crippen LogP contribution in [-0.4, -0.2) is 18.3 Å². The van der Waals surface area contributed by atoms with Gasteiger partial charge >= 0.3 is 7.12 Å². The molecule has 1 fully saturated rings. The van der Waals surface area contributed by atoms with Gasteiger partial charge in [0.25, 0.3) is 0 Å². The molecule has 1 aliphatic rings. The lowest BCUT2D eigenvalue weighted by Crippen LogP contribution is -2.41. The van der Waals surface area contributed by atoms with E-state index in [-0.39, 0.29) is 0 Å². The summed E-state index contributed by atoms with van der Waals surface area (Å²) >= 11 is 0. The van der Waals surface area contributed by atoms with Gasteiger partial charge in [0.1, 0.15) is 0 Å². The fourth-order valence-corrected chi connectivity index (χ4v) is 8.51. The molecule has 0 aliphatic carbocycles. The summed E-state index contributed by atoms with van der Waals surface area (Å²) in [5.41, 5.74) is 2.07. The van der Waals surface area contributed by atoms with E-state index >= 15 is 4.57 Å². The van der Waals surface area contributed by atoms with Crippen LogP contribution in [0.2, 0.25) is 0 Å². The quantitative estimate of drug-likeness (QED) is 0.302. The second-order valence-corrected chi connectivity index (χ2v) is 13.0. The van der Waals surface area contributed by atoms with Gasteiger partial charge in [0, 0.05) is 10.6 Å². The van der Waals surface area contributed by atoms with Crippen molar-refractivity contribution in [3.05, 3.63) is 108 Å². The molecule has 0 aromatic heterocycles. The first-order valence-electron chi connectivity index (χ1n) is 11.8. The van der Waals surface area contributed by atoms with Crippen LogP contribution in [0.3, 0.4) is 0 Å². The Balaban J connectivity index is 1.98. The summed E-state index contributed by atoms with van der Waals surface area (Å²) in [6.45, 7) is 16.7. The van der Waals surface area contributed by atoms with Gasteiger partial charge in [0.15, 0.2) is 7.14 Å². The van der Waals surface area contributed by atoms with Crippen LogP contribution in [-0.2, 0) is 13.9 Å². The van der Waals surface area contributed by atoms with E-state index in [9.17, 15) is 0 Å². The second-order valence-electron chi connectivity index (χ2n) is 10.2. The average molecular weight is 472 g/mol. The topological polar surface area (TPSA) is 35.5 Å². The highest BCUT2D eigenvalue weighted by Gasteiger charge is 2.55. The fraction of sp³-hybridized carbons (Fsp3) is 0.310. The molecular formula is C29H34BO3P. The highest BCUT2D eigenvalue weighted by molar-refractivity contribution is 7.79. The lowest BCUT2D eigenvalue weighted by Gasteiger charge is -2.33. The maximum absolute atomic E-state index is 15.7. The van der Waals surface area contributed by atoms with Crippen LogP contribution in [0.5, 0.6) is 0 Å². The van der Waals surface area contributed by atoms with Gasteiger partial charge in [-0.15, -0.1) is 6.58 Å². The lowest BCUT2D eigenvalue weighted by atomic mass is 9.75. The summed E-state index contributed by atoms with van der Waals surface area (Å²) in [5, 5.41) is 1.69. The molecule has 176 valence electrons. The lowest BCUT2D eigenvalue weighted by molar-refractivity contribution is 0.00578. The number of hydrogen-bond acceptors (Lipinski definition) is 3. The Labute approximate surface area is 204 Å². The van der Waals surface area contributed by atoms with Crippen molar-refractivity contribution in [1.82, 2.24) is 0 Å². The smallest absolute Gasteiger partial charge is 0.400 e. The minimum atomic E-state index is -3.28. The molecule has 0 radical (unpaired) electrons. The molecule has 3 aromatic rings. The Morgan fingerprint density at radius 1 is 0.765 bits per heavy atom. The van der Waals surface area contributed by atoms with Gasteiger partial charge in [-0.2, -0.15) is 0 Å². The summed E-state index contributed by atoms with van der Waals surface area (Å²) in [6.07, 6.45) is 0. The van der Waals surface area contributed by atoms with E-state index < -0.39 is 31.1 Å². The minimum absolute atomic E-state index is 0.509. The van der Waals surface area contributed by atoms with E-state index in [0.29, 0.717) is 5.47 Å². The molecule has 3 aromatic carbocycles. The first-order chi connectivity index (χ1) is 16.0. The molecule has 1 heterocycles. The summed E-state index contributed by atoms with van der Waals surface area (Å²) < 4.78 is 28.5. The van der Waals surface area contributed by atoms with Crippen LogP contribution in [0.25, 0.3) is 0 Å². The molecule has 34 heavy (non-hydrogen) atoms. The molecule has 1 unspecified atom stereocenters. The van der Waals surface area contributed by atoms with Crippen LogP contribution in [0.1, 0.15) is 50.0 Å². The van der Waals surface area contributed by atoms with Crippen LogP contribution in [0, 0.1) is 13.8 Å². The monoisotopic (exact) mass is 472 g/mol. The van der Waals surface area contributed by atoms with E-state index in [1.165, 1.54) is 0 Å². The predicted molar refractivity (Wildman–Crippen MR) is 144 cm³/mol. The zero-order valence-corrected chi connectivity index (χ0v) is 21.9. The zero-order valence-electron chi connectivity index (χ0n) is 21.0. The Morgan fingerprint density at radius 2 is 1.18 bits per heavy atom. The Hall–Kier alpha value is -2.39. The number of allylic oxidation sites excluding steroid dienone is 1. The SMILES string of the molecule is C=C(B1OC(C)(C)C(C)(C)O1)C(c1ccccc1)P(=O)(c1ccccc1C)c1ccccc1C. The normalized spacial score (nSPS) is 18.0. The van der Waals surface area contributed by atoms with Crippen LogP contribution >= 0.6 is 7.14 Å². The molecule has 0 amide bonds. The summed E-state index contributed by atoms with van der Waals surface area (Å²) in [5.74, 6) is 0. The third-order valence-electron chi connectivity index (χ3n) is 7.33. The molecule has 1 atom stereocenters. The number of hydrogen-bond donors (Lipinski definition) is 0. The molecule has 1 aliphatic heterocycles. The molecular weight excluding hydrogens is 438 g/mol. The van der Waals surface area contributed by atoms with Crippen molar-refractivity contribution < 1.29 is 13.9 Å². The fourth-order valence-electron chi connectivity index (χ4n) is 4.70. The van der Waals surface area contributed by atoms with E-state index in [1.54, 1.807) is 0 Å². The van der Waals surface area contributed by atoms with Gasteiger partial charge in [-0.05, 0) is 63.7 Å². The maximum Gasteiger partial charge on any atom is 0.491 e. The molecule has 4 rings (SSSR count). The van der Waals surface area contributed by atoms with Crippen molar-refractivity contribution in [1.29, 1.82) is 0 Å². The van der Waals surface area contributed by atoms with E-state index in [2.05, 4.69) is 6.58 Å². The zero-order chi connectivity index (χ0) is 24.7. The molecule has 5 heteroatoms. The third kappa shape index (κ3) is 4.13. The molecule has 1 saturated heterocycles. The van der Waals surface area contributed by atoms with Gasteiger partial charge in [-0.1, -0.05) is 78.9 Å². The van der Waals surface area contributed by atoms with Gasteiger partial charge < -0.3 is 13.9 Å². The first-order valence-corrected chi connectivity index (χ1v) is 13.6. The average Bonchev–Trinajstić information content (AvgIpc) is 3.02. The molecule has 0 saturated carbocycles. The molecule has 3 nitrogen and oxygen atoms in total. The van der Waals surface area contributed by atoms with Crippen LogP contribution in [0.15, 0.2) is 90.9 Å². The summed E-state index contributed by atoms with van der Waals surface area (Å²) in [6, 6.07) is 26.0. The van der Waals surface area contributed by atoms with Crippen molar-refractivity contribution in [2.24, 2.45) is 0 Å². The number of benzene rings is 3. The Kier molecular flexibility index (Phi) is 6.55. The highest BCUT2D eigenvalue weighted by atomic mass is 31.2. The number of aryl methyl sites for hydroxylation is 2. The number of rotatable bonds is 6. The Bertz CT molecular complexity index is 1180. The van der Waals surface area contributed by atoms with Gasteiger partial charge in [0.2, 0.25) is 0 Å². The largest absolute Gasteiger partial charge is 0.491 e. The van der Waals surface area contributed by atoms with E-state index in [1.807, 2.05) is 120 Å². The van der Waals surface area contributed by atoms with Gasteiger partial charge in [0.05, 0.1) is 16.9 Å². The molecule has 0 spiro atoms. The van der Waals surface area contributed by atoms with Crippen LogP contribution < -0.4 is 10.6 Å². The van der Waals surface area contributed by atoms with Crippen LogP contribution in [0.4, 0.5) is 0 Å². The van der Waals surface area contributed by atoms with Gasteiger partial charge in [-0.25, -0.2) is 0 Å². The predicted octanol–water partition coefficient (Wildman–Crippen LogP) is 6.55. The standard InChI is InChI=1S/C29H34BO3P/c1-21-15-11-13-19-25(21)34(31,26-20-14-12-16-22(26)2)27(24-17-9-8-10-18-24)23(3)30-32-28(4,5)29(6,7)33-30/h8-20,27H,3H2,1-2,4-7H3. The maximum atomic E-state index is 15.7. The summed E-state index contributed by atoms with van der Waals surface area (Å²) in [4.78, 5) is 0.